The second-order valence-corrected chi connectivity index (χ2v) is 6.63. The van der Waals surface area contributed by atoms with Crippen molar-refractivity contribution in [3.63, 3.8) is 0 Å². The van der Waals surface area contributed by atoms with Gasteiger partial charge in [-0.3, -0.25) is 0 Å². The van der Waals surface area contributed by atoms with Crippen molar-refractivity contribution in [1.29, 1.82) is 0 Å². The highest BCUT2D eigenvalue weighted by atomic mass is 32.1. The van der Waals surface area contributed by atoms with E-state index >= 15 is 0 Å². The normalized spacial score (nSPS) is 12.0. The van der Waals surface area contributed by atoms with Gasteiger partial charge in [0.15, 0.2) is 0 Å². The Morgan fingerprint density at radius 2 is 1.94 bits per heavy atom. The van der Waals surface area contributed by atoms with E-state index in [0.717, 1.165) is 25.9 Å². The molecule has 104 valence electrons. The van der Waals surface area contributed by atoms with Crippen LogP contribution in [0.15, 0.2) is 5.38 Å². The van der Waals surface area contributed by atoms with Gasteiger partial charge in [0.25, 0.3) is 0 Å². The second-order valence-electron chi connectivity index (χ2n) is 5.69. The third kappa shape index (κ3) is 5.94. The predicted molar refractivity (Wildman–Crippen MR) is 78.1 cm³/mol. The van der Waals surface area contributed by atoms with Crippen molar-refractivity contribution in [2.24, 2.45) is 0 Å². The molecule has 1 aromatic heterocycles. The Morgan fingerprint density at radius 3 is 2.56 bits per heavy atom. The van der Waals surface area contributed by atoms with E-state index in [0.29, 0.717) is 6.61 Å². The Kier molecular flexibility index (Phi) is 6.82. The van der Waals surface area contributed by atoms with Gasteiger partial charge >= 0.3 is 0 Å². The number of nitrogens with zero attached hydrogens (tertiary/aromatic N) is 1. The van der Waals surface area contributed by atoms with Crippen LogP contribution in [-0.2, 0) is 12.0 Å². The molecule has 2 N–H and O–H groups in total. The molecule has 0 saturated heterocycles. The standard InChI is InChI=1S/C14H26N2OS/c1-14(2,3)12-11-18-13(16-12)10-15-8-6-4-5-7-9-17/h11,15,17H,4-10H2,1-3H3. The first kappa shape index (κ1) is 15.6. The van der Waals surface area contributed by atoms with Crippen LogP contribution < -0.4 is 5.32 Å². The number of aliphatic hydroxyl groups excluding tert-OH is 1. The maximum absolute atomic E-state index is 8.66. The monoisotopic (exact) mass is 270 g/mol. The lowest BCUT2D eigenvalue weighted by Crippen LogP contribution is -2.16. The van der Waals surface area contributed by atoms with Crippen molar-refractivity contribution in [2.45, 2.75) is 58.4 Å². The van der Waals surface area contributed by atoms with E-state index in [4.69, 9.17) is 5.11 Å². The average Bonchev–Trinajstić information content (AvgIpc) is 2.76. The molecule has 0 radical (unpaired) electrons. The zero-order valence-corrected chi connectivity index (χ0v) is 12.6. The van der Waals surface area contributed by atoms with Gasteiger partial charge in [0.1, 0.15) is 5.01 Å². The van der Waals surface area contributed by atoms with Crippen LogP contribution in [-0.4, -0.2) is 23.2 Å². The summed E-state index contributed by atoms with van der Waals surface area (Å²) < 4.78 is 0. The lowest BCUT2D eigenvalue weighted by Gasteiger charge is -2.14. The minimum Gasteiger partial charge on any atom is -0.396 e. The molecule has 0 spiro atoms. The van der Waals surface area contributed by atoms with Gasteiger partial charge in [-0.1, -0.05) is 33.6 Å². The van der Waals surface area contributed by atoms with Gasteiger partial charge in [-0.25, -0.2) is 4.98 Å². The molecule has 1 rings (SSSR count). The number of rotatable bonds is 8. The molecular formula is C14H26N2OS. The first-order valence-corrected chi connectivity index (χ1v) is 7.68. The van der Waals surface area contributed by atoms with Crippen LogP contribution in [0.1, 0.15) is 57.2 Å². The molecule has 0 bridgehead atoms. The number of hydrogen-bond acceptors (Lipinski definition) is 4. The molecular weight excluding hydrogens is 244 g/mol. The number of unbranched alkanes of at least 4 members (excludes halogenated alkanes) is 3. The predicted octanol–water partition coefficient (Wildman–Crippen LogP) is 3.08. The Balaban J connectivity index is 2.14. The molecule has 0 aliphatic carbocycles. The van der Waals surface area contributed by atoms with Crippen molar-refractivity contribution in [3.8, 4) is 0 Å². The summed E-state index contributed by atoms with van der Waals surface area (Å²) in [5, 5.41) is 15.4. The van der Waals surface area contributed by atoms with Gasteiger partial charge in [-0.15, -0.1) is 11.3 Å². The Morgan fingerprint density at radius 1 is 1.22 bits per heavy atom. The molecule has 0 fully saturated rings. The van der Waals surface area contributed by atoms with E-state index in [-0.39, 0.29) is 5.41 Å². The lowest BCUT2D eigenvalue weighted by atomic mass is 9.93. The minimum atomic E-state index is 0.152. The summed E-state index contributed by atoms with van der Waals surface area (Å²) in [6.07, 6.45) is 4.43. The molecule has 0 atom stereocenters. The van der Waals surface area contributed by atoms with Gasteiger partial charge in [0.05, 0.1) is 5.69 Å². The van der Waals surface area contributed by atoms with Crippen LogP contribution in [0.3, 0.4) is 0 Å². The summed E-state index contributed by atoms with van der Waals surface area (Å²) in [7, 11) is 0. The van der Waals surface area contributed by atoms with Crippen molar-refractivity contribution in [3.05, 3.63) is 16.1 Å². The molecule has 3 nitrogen and oxygen atoms in total. The third-order valence-corrected chi connectivity index (χ3v) is 3.71. The highest BCUT2D eigenvalue weighted by Gasteiger charge is 2.16. The zero-order valence-electron chi connectivity index (χ0n) is 11.8. The van der Waals surface area contributed by atoms with E-state index in [1.165, 1.54) is 23.5 Å². The highest BCUT2D eigenvalue weighted by Crippen LogP contribution is 2.23. The Bertz CT molecular complexity index is 331. The fourth-order valence-corrected chi connectivity index (χ4v) is 2.64. The molecule has 18 heavy (non-hydrogen) atoms. The van der Waals surface area contributed by atoms with Crippen LogP contribution in [0.25, 0.3) is 0 Å². The molecule has 0 unspecified atom stereocenters. The fourth-order valence-electron chi connectivity index (χ4n) is 1.65. The molecule has 0 aromatic carbocycles. The van der Waals surface area contributed by atoms with Crippen LogP contribution in [0, 0.1) is 0 Å². The SMILES string of the molecule is CC(C)(C)c1csc(CNCCCCCCO)n1. The first-order chi connectivity index (χ1) is 8.54. The summed E-state index contributed by atoms with van der Waals surface area (Å²) in [5.41, 5.74) is 1.34. The van der Waals surface area contributed by atoms with Crippen LogP contribution in [0.4, 0.5) is 0 Å². The van der Waals surface area contributed by atoms with Crippen LogP contribution in [0.2, 0.25) is 0 Å². The summed E-state index contributed by atoms with van der Waals surface area (Å²) in [5.74, 6) is 0. The molecule has 1 aromatic rings. The maximum atomic E-state index is 8.66. The molecule has 1 heterocycles. The summed E-state index contributed by atoms with van der Waals surface area (Å²) in [4.78, 5) is 4.65. The maximum Gasteiger partial charge on any atom is 0.107 e. The quantitative estimate of drug-likeness (QED) is 0.714. The van der Waals surface area contributed by atoms with Crippen LogP contribution >= 0.6 is 11.3 Å². The number of thiazole rings is 1. The van der Waals surface area contributed by atoms with Gasteiger partial charge in [0.2, 0.25) is 0 Å². The number of aromatic nitrogens is 1. The van der Waals surface area contributed by atoms with E-state index in [1.54, 1.807) is 11.3 Å². The van der Waals surface area contributed by atoms with Crippen molar-refractivity contribution in [1.82, 2.24) is 10.3 Å². The van der Waals surface area contributed by atoms with E-state index in [2.05, 4.69) is 36.5 Å². The van der Waals surface area contributed by atoms with Crippen molar-refractivity contribution in [2.75, 3.05) is 13.2 Å². The van der Waals surface area contributed by atoms with E-state index < -0.39 is 0 Å². The molecule has 0 saturated carbocycles. The third-order valence-electron chi connectivity index (χ3n) is 2.86. The molecule has 0 aliphatic heterocycles. The summed E-state index contributed by atoms with van der Waals surface area (Å²) >= 11 is 1.74. The number of aliphatic hydroxyl groups is 1. The molecule has 0 amide bonds. The molecule has 4 heteroatoms. The molecule has 0 aliphatic rings. The smallest absolute Gasteiger partial charge is 0.107 e. The summed E-state index contributed by atoms with van der Waals surface area (Å²) in [6.45, 7) is 8.82. The van der Waals surface area contributed by atoms with Crippen LogP contribution in [0.5, 0.6) is 0 Å². The van der Waals surface area contributed by atoms with Gasteiger partial charge < -0.3 is 10.4 Å². The first-order valence-electron chi connectivity index (χ1n) is 6.80. The average molecular weight is 270 g/mol. The van der Waals surface area contributed by atoms with E-state index in [9.17, 15) is 0 Å². The second kappa shape index (κ2) is 7.87. The van der Waals surface area contributed by atoms with Gasteiger partial charge in [-0.2, -0.15) is 0 Å². The Labute approximate surface area is 115 Å². The largest absolute Gasteiger partial charge is 0.396 e. The number of hydrogen-bond donors (Lipinski definition) is 2. The topological polar surface area (TPSA) is 45.1 Å². The number of nitrogens with one attached hydrogen (secondary N) is 1. The minimum absolute atomic E-state index is 0.152. The van der Waals surface area contributed by atoms with Gasteiger partial charge in [-0.05, 0) is 19.4 Å². The van der Waals surface area contributed by atoms with Gasteiger partial charge in [0, 0.05) is 23.9 Å². The fraction of sp³-hybridized carbons (Fsp3) is 0.786. The summed E-state index contributed by atoms with van der Waals surface area (Å²) in [6, 6.07) is 0. The zero-order chi connectivity index (χ0) is 13.4. The lowest BCUT2D eigenvalue weighted by molar-refractivity contribution is 0.282. The highest BCUT2D eigenvalue weighted by molar-refractivity contribution is 7.09. The van der Waals surface area contributed by atoms with E-state index in [1.807, 2.05) is 0 Å². The van der Waals surface area contributed by atoms with Crippen molar-refractivity contribution >= 4 is 11.3 Å². The van der Waals surface area contributed by atoms with Crippen molar-refractivity contribution < 1.29 is 5.11 Å². The Hall–Kier alpha value is -0.450.